The topological polar surface area (TPSA) is 83.1 Å². The Balaban J connectivity index is 1.83. The Bertz CT molecular complexity index is 819. The van der Waals surface area contributed by atoms with Crippen LogP contribution in [0.2, 0.25) is 0 Å². The van der Waals surface area contributed by atoms with Crippen molar-refractivity contribution in [2.75, 3.05) is 20.3 Å². The van der Waals surface area contributed by atoms with Crippen LogP contribution in [0.3, 0.4) is 0 Å². The Kier molecular flexibility index (Phi) is 5.26. The van der Waals surface area contributed by atoms with Gasteiger partial charge in [-0.05, 0) is 37.3 Å². The lowest BCUT2D eigenvalue weighted by molar-refractivity contribution is -0.142. The molecule has 0 bridgehead atoms. The van der Waals surface area contributed by atoms with Gasteiger partial charge in [-0.3, -0.25) is 4.79 Å². The molecule has 1 aliphatic rings. The molecule has 1 N–H and O–H groups in total. The fourth-order valence-electron chi connectivity index (χ4n) is 2.53. The molecule has 1 aliphatic heterocycles. The number of esters is 1. The van der Waals surface area contributed by atoms with E-state index in [1.807, 2.05) is 13.0 Å². The second kappa shape index (κ2) is 7.77. The first-order chi connectivity index (χ1) is 12.6. The molecule has 7 heteroatoms. The first-order valence-electron chi connectivity index (χ1n) is 8.15. The Hall–Kier alpha value is -3.22. The molecule has 1 atom stereocenters. The van der Waals surface area contributed by atoms with Gasteiger partial charge in [0, 0.05) is 5.56 Å². The summed E-state index contributed by atoms with van der Waals surface area (Å²) in [7, 11) is 1.29. The van der Waals surface area contributed by atoms with Gasteiger partial charge >= 0.3 is 5.97 Å². The van der Waals surface area contributed by atoms with Crippen molar-refractivity contribution in [1.29, 1.82) is 0 Å². The van der Waals surface area contributed by atoms with E-state index in [-0.39, 0.29) is 12.5 Å². The monoisotopic (exact) mass is 357 g/mol. The van der Waals surface area contributed by atoms with E-state index in [0.717, 1.165) is 0 Å². The molecule has 0 radical (unpaired) electrons. The molecule has 0 spiro atoms. The molecule has 2 aromatic carbocycles. The summed E-state index contributed by atoms with van der Waals surface area (Å²) in [6, 6.07) is 12.2. The molecule has 0 aliphatic carbocycles. The van der Waals surface area contributed by atoms with Crippen LogP contribution in [0.4, 0.5) is 0 Å². The lowest BCUT2D eigenvalue weighted by Gasteiger charge is -2.27. The Morgan fingerprint density at radius 3 is 2.73 bits per heavy atom. The van der Waals surface area contributed by atoms with E-state index in [4.69, 9.17) is 14.2 Å². The second-order valence-electron chi connectivity index (χ2n) is 5.47. The van der Waals surface area contributed by atoms with Crippen molar-refractivity contribution in [3.8, 4) is 17.2 Å². The van der Waals surface area contributed by atoms with Gasteiger partial charge in [0.05, 0.1) is 19.3 Å². The third-order valence-corrected chi connectivity index (χ3v) is 3.78. The quantitative estimate of drug-likeness (QED) is 0.800. The average molecular weight is 357 g/mol. The number of fused-ring (bicyclic) bond motifs is 1. The molecule has 7 nitrogen and oxygen atoms in total. The molecule has 0 saturated heterocycles. The molecule has 0 saturated carbocycles. The third kappa shape index (κ3) is 3.72. The maximum absolute atomic E-state index is 12.3. The predicted molar refractivity (Wildman–Crippen MR) is 92.4 cm³/mol. The predicted octanol–water partition coefficient (Wildman–Crippen LogP) is 2.46. The average Bonchev–Trinajstić information content (AvgIpc) is 2.67. The van der Waals surface area contributed by atoms with Crippen LogP contribution in [0, 0.1) is 0 Å². The summed E-state index contributed by atoms with van der Waals surface area (Å²) in [4.78, 5) is 23.5. The van der Waals surface area contributed by atoms with Crippen LogP contribution in [0.1, 0.15) is 29.1 Å². The lowest BCUT2D eigenvalue weighted by atomic mass is 10.1. The highest BCUT2D eigenvalue weighted by molar-refractivity contribution is 5.98. The summed E-state index contributed by atoms with van der Waals surface area (Å²) in [6.45, 7) is 2.03. The number of hydrogen-bond donors (Lipinski definition) is 1. The molecule has 0 fully saturated rings. The summed E-state index contributed by atoms with van der Waals surface area (Å²) in [5, 5.41) is 2.81. The first kappa shape index (κ1) is 17.6. The zero-order chi connectivity index (χ0) is 18.5. The molecule has 136 valence electrons. The van der Waals surface area contributed by atoms with Crippen molar-refractivity contribution in [2.45, 2.75) is 13.2 Å². The van der Waals surface area contributed by atoms with Crippen molar-refractivity contribution in [3.05, 3.63) is 53.6 Å². The summed E-state index contributed by atoms with van der Waals surface area (Å²) < 4.78 is 21.5. The molecule has 0 aromatic heterocycles. The van der Waals surface area contributed by atoms with E-state index in [1.165, 1.54) is 7.11 Å². The molecular weight excluding hydrogens is 338 g/mol. The van der Waals surface area contributed by atoms with Crippen molar-refractivity contribution in [2.24, 2.45) is 0 Å². The number of methoxy groups -OCH3 is 1. The van der Waals surface area contributed by atoms with Gasteiger partial charge in [0.25, 0.3) is 5.91 Å². The molecule has 2 aromatic rings. The summed E-state index contributed by atoms with van der Waals surface area (Å²) >= 11 is 0. The zero-order valence-corrected chi connectivity index (χ0v) is 14.5. The minimum absolute atomic E-state index is 0.208. The summed E-state index contributed by atoms with van der Waals surface area (Å²) in [6.07, 6.45) is -0.647. The summed E-state index contributed by atoms with van der Waals surface area (Å²) in [5.74, 6) is 0.677. The van der Waals surface area contributed by atoms with Crippen LogP contribution in [-0.4, -0.2) is 32.2 Å². The summed E-state index contributed by atoms with van der Waals surface area (Å²) in [5.41, 5.74) is 1.19. The van der Waals surface area contributed by atoms with Gasteiger partial charge in [0.15, 0.2) is 24.3 Å². The largest absolute Gasteiger partial charge is 0.490 e. The van der Waals surface area contributed by atoms with Crippen LogP contribution < -0.4 is 19.5 Å². The van der Waals surface area contributed by atoms with Crippen LogP contribution >= 0.6 is 0 Å². The van der Waals surface area contributed by atoms with Crippen LogP contribution in [0.5, 0.6) is 17.2 Å². The van der Waals surface area contributed by atoms with E-state index in [2.05, 4.69) is 10.1 Å². The normalized spacial score (nSPS) is 15.3. The van der Waals surface area contributed by atoms with Gasteiger partial charge in [0.2, 0.25) is 0 Å². The van der Waals surface area contributed by atoms with Crippen molar-refractivity contribution in [1.82, 2.24) is 5.32 Å². The Labute approximate surface area is 150 Å². The fraction of sp³-hybridized carbons (Fsp3) is 0.263. The SMILES string of the molecule is CCOc1cc(C2NC(=O)c3ccccc3O2)ccc1OCC(=O)OC. The van der Waals surface area contributed by atoms with Gasteiger partial charge in [0.1, 0.15) is 5.75 Å². The standard InChI is InChI=1S/C19H19NO6/c1-3-24-16-10-12(8-9-15(16)25-11-17(21)23-2)19-20-18(22)13-6-4-5-7-14(13)26-19/h4-10,19H,3,11H2,1-2H3,(H,20,22). The minimum atomic E-state index is -0.647. The molecule has 26 heavy (non-hydrogen) atoms. The van der Waals surface area contributed by atoms with Crippen molar-refractivity contribution in [3.63, 3.8) is 0 Å². The molecule has 1 amide bonds. The maximum atomic E-state index is 12.3. The van der Waals surface area contributed by atoms with Gasteiger partial charge in [-0.1, -0.05) is 12.1 Å². The number of hydrogen-bond acceptors (Lipinski definition) is 6. The maximum Gasteiger partial charge on any atom is 0.343 e. The lowest BCUT2D eigenvalue weighted by Crippen LogP contribution is -2.36. The van der Waals surface area contributed by atoms with Crippen LogP contribution in [0.25, 0.3) is 0 Å². The van der Waals surface area contributed by atoms with Crippen molar-refractivity contribution < 1.29 is 28.5 Å². The van der Waals surface area contributed by atoms with Gasteiger partial charge in [-0.2, -0.15) is 0 Å². The number of nitrogens with one attached hydrogen (secondary N) is 1. The van der Waals surface area contributed by atoms with E-state index in [1.54, 1.807) is 36.4 Å². The van der Waals surface area contributed by atoms with Gasteiger partial charge in [-0.15, -0.1) is 0 Å². The van der Waals surface area contributed by atoms with E-state index < -0.39 is 12.2 Å². The smallest absolute Gasteiger partial charge is 0.343 e. The molecule has 1 heterocycles. The number of rotatable bonds is 6. The van der Waals surface area contributed by atoms with Gasteiger partial charge in [-0.25, -0.2) is 4.79 Å². The number of para-hydroxylation sites is 1. The highest BCUT2D eigenvalue weighted by Gasteiger charge is 2.27. The van der Waals surface area contributed by atoms with Crippen LogP contribution in [-0.2, 0) is 9.53 Å². The van der Waals surface area contributed by atoms with E-state index in [0.29, 0.717) is 35.0 Å². The number of benzene rings is 2. The zero-order valence-electron chi connectivity index (χ0n) is 14.5. The second-order valence-corrected chi connectivity index (χ2v) is 5.47. The van der Waals surface area contributed by atoms with Crippen molar-refractivity contribution >= 4 is 11.9 Å². The minimum Gasteiger partial charge on any atom is -0.490 e. The first-order valence-corrected chi connectivity index (χ1v) is 8.15. The van der Waals surface area contributed by atoms with Crippen LogP contribution in [0.15, 0.2) is 42.5 Å². The number of ether oxygens (including phenoxy) is 4. The Morgan fingerprint density at radius 1 is 1.15 bits per heavy atom. The number of carbonyl (C=O) groups excluding carboxylic acids is 2. The highest BCUT2D eigenvalue weighted by Crippen LogP contribution is 2.34. The Morgan fingerprint density at radius 2 is 1.96 bits per heavy atom. The third-order valence-electron chi connectivity index (χ3n) is 3.78. The fourth-order valence-corrected chi connectivity index (χ4v) is 2.53. The van der Waals surface area contributed by atoms with Gasteiger partial charge < -0.3 is 24.3 Å². The number of carbonyl (C=O) groups is 2. The molecule has 1 unspecified atom stereocenters. The highest BCUT2D eigenvalue weighted by atomic mass is 16.6. The van der Waals surface area contributed by atoms with E-state index >= 15 is 0 Å². The number of amides is 1. The molecular formula is C19H19NO6. The van der Waals surface area contributed by atoms with E-state index in [9.17, 15) is 9.59 Å². The molecule has 3 rings (SSSR count).